The van der Waals surface area contributed by atoms with Crippen molar-refractivity contribution in [2.24, 2.45) is 5.92 Å². The number of thiophene rings is 1. The number of carboxylic acid groups (broad SMARTS) is 1. The van der Waals surface area contributed by atoms with E-state index < -0.39 is 5.97 Å². The standard InChI is InChI=1S/C14H19NO3S/c1-2-11-6-7-12(19-11)13(16)15-10-5-3-4-9(8-10)14(17)18/h6-7,9-10H,2-5,8H2,1H3,(H,15,16)(H,17,18). The molecule has 2 N–H and O–H groups in total. The van der Waals surface area contributed by atoms with E-state index in [9.17, 15) is 9.59 Å². The molecular weight excluding hydrogens is 262 g/mol. The van der Waals surface area contributed by atoms with Crippen LogP contribution in [0.25, 0.3) is 0 Å². The van der Waals surface area contributed by atoms with Gasteiger partial charge in [-0.05, 0) is 37.8 Å². The van der Waals surface area contributed by atoms with E-state index >= 15 is 0 Å². The van der Waals surface area contributed by atoms with Gasteiger partial charge in [-0.15, -0.1) is 11.3 Å². The molecular formula is C14H19NO3S. The second kappa shape index (κ2) is 6.19. The van der Waals surface area contributed by atoms with Gasteiger partial charge in [0.25, 0.3) is 5.91 Å². The van der Waals surface area contributed by atoms with Crippen molar-refractivity contribution in [2.45, 2.75) is 45.1 Å². The van der Waals surface area contributed by atoms with Crippen LogP contribution in [0, 0.1) is 5.92 Å². The summed E-state index contributed by atoms with van der Waals surface area (Å²) in [5.74, 6) is -1.13. The molecule has 1 aliphatic carbocycles. The Kier molecular flexibility index (Phi) is 4.58. The van der Waals surface area contributed by atoms with E-state index in [2.05, 4.69) is 12.2 Å². The van der Waals surface area contributed by atoms with Crippen molar-refractivity contribution >= 4 is 23.2 Å². The van der Waals surface area contributed by atoms with E-state index in [4.69, 9.17) is 5.11 Å². The van der Waals surface area contributed by atoms with Gasteiger partial charge in [-0.3, -0.25) is 9.59 Å². The van der Waals surface area contributed by atoms with Crippen LogP contribution in [0.15, 0.2) is 12.1 Å². The van der Waals surface area contributed by atoms with Gasteiger partial charge in [0.1, 0.15) is 0 Å². The number of hydrogen-bond acceptors (Lipinski definition) is 3. The first-order valence-corrected chi connectivity index (χ1v) is 7.54. The molecule has 0 aliphatic heterocycles. The van der Waals surface area contributed by atoms with Crippen molar-refractivity contribution in [3.05, 3.63) is 21.9 Å². The summed E-state index contributed by atoms with van der Waals surface area (Å²) in [6.45, 7) is 2.06. The largest absolute Gasteiger partial charge is 0.481 e. The first kappa shape index (κ1) is 14.1. The highest BCUT2D eigenvalue weighted by atomic mass is 32.1. The monoisotopic (exact) mass is 281 g/mol. The summed E-state index contributed by atoms with van der Waals surface area (Å²) in [5.41, 5.74) is 0. The highest BCUT2D eigenvalue weighted by molar-refractivity contribution is 7.14. The molecule has 0 aromatic carbocycles. The van der Waals surface area contributed by atoms with Crippen LogP contribution in [0.3, 0.4) is 0 Å². The Bertz CT molecular complexity index is 469. The van der Waals surface area contributed by atoms with Gasteiger partial charge in [0, 0.05) is 10.9 Å². The second-order valence-corrected chi connectivity index (χ2v) is 6.16. The highest BCUT2D eigenvalue weighted by Crippen LogP contribution is 2.25. The minimum Gasteiger partial charge on any atom is -0.481 e. The third kappa shape index (κ3) is 3.56. The zero-order valence-electron chi connectivity index (χ0n) is 11.0. The molecule has 1 aromatic heterocycles. The Hall–Kier alpha value is -1.36. The molecule has 2 atom stereocenters. The van der Waals surface area contributed by atoms with Crippen LogP contribution >= 0.6 is 11.3 Å². The lowest BCUT2D eigenvalue weighted by Crippen LogP contribution is -2.39. The van der Waals surface area contributed by atoms with Crippen LogP contribution in [-0.4, -0.2) is 23.0 Å². The van der Waals surface area contributed by atoms with Crippen LogP contribution in [0.1, 0.15) is 47.2 Å². The van der Waals surface area contributed by atoms with Gasteiger partial charge < -0.3 is 10.4 Å². The van der Waals surface area contributed by atoms with Crippen LogP contribution < -0.4 is 5.32 Å². The van der Waals surface area contributed by atoms with E-state index in [-0.39, 0.29) is 17.9 Å². The molecule has 0 spiro atoms. The third-order valence-corrected chi connectivity index (χ3v) is 4.82. The normalized spacial score (nSPS) is 23.0. The van der Waals surface area contributed by atoms with E-state index in [0.29, 0.717) is 11.3 Å². The Morgan fingerprint density at radius 3 is 2.84 bits per heavy atom. The number of carbonyl (C=O) groups is 2. The molecule has 0 radical (unpaired) electrons. The summed E-state index contributed by atoms with van der Waals surface area (Å²) in [7, 11) is 0. The van der Waals surface area contributed by atoms with Crippen LogP contribution in [0.2, 0.25) is 0 Å². The predicted octanol–water partition coefficient (Wildman–Crippen LogP) is 2.68. The van der Waals surface area contributed by atoms with Gasteiger partial charge in [-0.1, -0.05) is 13.3 Å². The summed E-state index contributed by atoms with van der Waals surface area (Å²) in [6.07, 6.45) is 3.95. The highest BCUT2D eigenvalue weighted by Gasteiger charge is 2.28. The van der Waals surface area contributed by atoms with Crippen molar-refractivity contribution in [1.82, 2.24) is 5.32 Å². The predicted molar refractivity (Wildman–Crippen MR) is 74.5 cm³/mol. The van der Waals surface area contributed by atoms with E-state index in [0.717, 1.165) is 25.7 Å². The molecule has 5 heteroatoms. The zero-order valence-corrected chi connectivity index (χ0v) is 11.8. The van der Waals surface area contributed by atoms with E-state index in [1.54, 1.807) is 0 Å². The zero-order chi connectivity index (χ0) is 13.8. The summed E-state index contributed by atoms with van der Waals surface area (Å²) < 4.78 is 0. The van der Waals surface area contributed by atoms with Crippen LogP contribution in [0.4, 0.5) is 0 Å². The number of carbonyl (C=O) groups excluding carboxylic acids is 1. The number of aryl methyl sites for hydroxylation is 1. The summed E-state index contributed by atoms with van der Waals surface area (Å²) >= 11 is 1.51. The van der Waals surface area contributed by atoms with Gasteiger partial charge >= 0.3 is 5.97 Å². The number of aliphatic carboxylic acids is 1. The first-order valence-electron chi connectivity index (χ1n) is 6.72. The SMILES string of the molecule is CCc1ccc(C(=O)NC2CCCC(C(=O)O)C2)s1. The summed E-state index contributed by atoms with van der Waals surface area (Å²) in [4.78, 5) is 25.0. The molecule has 2 unspecified atom stereocenters. The Morgan fingerprint density at radius 2 is 2.21 bits per heavy atom. The number of carboxylic acids is 1. The number of amides is 1. The average Bonchev–Trinajstić information content (AvgIpc) is 2.88. The smallest absolute Gasteiger partial charge is 0.306 e. The van der Waals surface area contributed by atoms with E-state index in [1.165, 1.54) is 16.2 Å². The molecule has 0 bridgehead atoms. The molecule has 0 saturated heterocycles. The maximum atomic E-state index is 12.1. The van der Waals surface area contributed by atoms with Gasteiger partial charge in [-0.25, -0.2) is 0 Å². The van der Waals surface area contributed by atoms with Crippen molar-refractivity contribution < 1.29 is 14.7 Å². The lowest BCUT2D eigenvalue weighted by molar-refractivity contribution is -0.143. The molecule has 104 valence electrons. The van der Waals surface area contributed by atoms with Gasteiger partial charge in [0.15, 0.2) is 0 Å². The maximum absolute atomic E-state index is 12.1. The van der Waals surface area contributed by atoms with Crippen molar-refractivity contribution in [1.29, 1.82) is 0 Å². The molecule has 1 fully saturated rings. The molecule has 4 nitrogen and oxygen atoms in total. The molecule has 1 saturated carbocycles. The fraction of sp³-hybridized carbons (Fsp3) is 0.571. The minimum absolute atomic E-state index is 0.00507. The number of hydrogen-bond donors (Lipinski definition) is 2. The first-order chi connectivity index (χ1) is 9.10. The van der Waals surface area contributed by atoms with Crippen LogP contribution in [0.5, 0.6) is 0 Å². The number of rotatable bonds is 4. The van der Waals surface area contributed by atoms with Crippen molar-refractivity contribution in [3.8, 4) is 0 Å². The lowest BCUT2D eigenvalue weighted by atomic mass is 9.86. The fourth-order valence-electron chi connectivity index (χ4n) is 2.49. The molecule has 2 rings (SSSR count). The average molecular weight is 281 g/mol. The van der Waals surface area contributed by atoms with Crippen molar-refractivity contribution in [2.75, 3.05) is 0 Å². The lowest BCUT2D eigenvalue weighted by Gasteiger charge is -2.27. The number of nitrogens with one attached hydrogen (secondary N) is 1. The van der Waals surface area contributed by atoms with Crippen LogP contribution in [-0.2, 0) is 11.2 Å². The fourth-order valence-corrected chi connectivity index (χ4v) is 3.34. The maximum Gasteiger partial charge on any atom is 0.306 e. The molecule has 19 heavy (non-hydrogen) atoms. The Morgan fingerprint density at radius 1 is 1.42 bits per heavy atom. The molecule has 1 heterocycles. The topological polar surface area (TPSA) is 66.4 Å². The van der Waals surface area contributed by atoms with E-state index in [1.807, 2.05) is 12.1 Å². The molecule has 1 amide bonds. The molecule has 1 aromatic rings. The Balaban J connectivity index is 1.93. The third-order valence-electron chi connectivity index (χ3n) is 3.59. The minimum atomic E-state index is -0.747. The summed E-state index contributed by atoms with van der Waals surface area (Å²) in [5, 5.41) is 12.0. The Labute approximate surface area is 116 Å². The molecule has 1 aliphatic rings. The van der Waals surface area contributed by atoms with Gasteiger partial charge in [-0.2, -0.15) is 0 Å². The van der Waals surface area contributed by atoms with Gasteiger partial charge in [0.2, 0.25) is 0 Å². The summed E-state index contributed by atoms with van der Waals surface area (Å²) in [6, 6.07) is 3.81. The quantitative estimate of drug-likeness (QED) is 0.891. The van der Waals surface area contributed by atoms with Gasteiger partial charge in [0.05, 0.1) is 10.8 Å². The van der Waals surface area contributed by atoms with Crippen molar-refractivity contribution in [3.63, 3.8) is 0 Å². The second-order valence-electron chi connectivity index (χ2n) is 4.99.